The van der Waals surface area contributed by atoms with E-state index in [0.29, 0.717) is 10.7 Å². The summed E-state index contributed by atoms with van der Waals surface area (Å²) in [7, 11) is 0. The Hall–Kier alpha value is -1.68. The number of amides is 1. The summed E-state index contributed by atoms with van der Waals surface area (Å²) in [6.45, 7) is 3.71. The van der Waals surface area contributed by atoms with Crippen molar-refractivity contribution in [2.75, 3.05) is 5.32 Å². The molecule has 106 valence electrons. The van der Waals surface area contributed by atoms with Crippen LogP contribution in [0.3, 0.4) is 0 Å². The van der Waals surface area contributed by atoms with Gasteiger partial charge in [-0.1, -0.05) is 25.4 Å². The molecule has 1 amide bonds. The molecular weight excluding hydrogens is 278 g/mol. The van der Waals surface area contributed by atoms with Gasteiger partial charge in [-0.3, -0.25) is 14.4 Å². The minimum atomic E-state index is -1.18. The van der Waals surface area contributed by atoms with Crippen molar-refractivity contribution >= 4 is 34.8 Å². The van der Waals surface area contributed by atoms with E-state index in [1.807, 2.05) is 13.8 Å². The highest BCUT2D eigenvalue weighted by atomic mass is 35.5. The Balaban J connectivity index is 2.11. The second-order valence-corrected chi connectivity index (χ2v) is 6.32. The molecule has 0 aromatic heterocycles. The summed E-state index contributed by atoms with van der Waals surface area (Å²) in [5.74, 6) is -2.35. The van der Waals surface area contributed by atoms with Gasteiger partial charge in [0, 0.05) is 23.6 Å². The molecule has 1 fully saturated rings. The number of benzene rings is 1. The average molecular weight is 294 g/mol. The van der Waals surface area contributed by atoms with E-state index < -0.39 is 11.8 Å². The zero-order valence-corrected chi connectivity index (χ0v) is 12.2. The Morgan fingerprint density at radius 3 is 2.15 bits per heavy atom. The summed E-state index contributed by atoms with van der Waals surface area (Å²) >= 11 is 5.75. The summed E-state index contributed by atoms with van der Waals surface area (Å²) in [4.78, 5) is 36.1. The molecule has 0 bridgehead atoms. The van der Waals surface area contributed by atoms with E-state index in [1.54, 1.807) is 24.3 Å². The van der Waals surface area contributed by atoms with Crippen LogP contribution in [0.5, 0.6) is 0 Å². The minimum Gasteiger partial charge on any atom is -0.325 e. The maximum atomic E-state index is 12.1. The molecule has 2 rings (SSSR count). The number of hydrogen-bond donors (Lipinski definition) is 1. The number of anilines is 1. The third-order valence-corrected chi connectivity index (χ3v) is 3.58. The van der Waals surface area contributed by atoms with Gasteiger partial charge < -0.3 is 5.32 Å². The van der Waals surface area contributed by atoms with Gasteiger partial charge in [-0.25, -0.2) is 0 Å². The molecule has 1 N–H and O–H groups in total. The van der Waals surface area contributed by atoms with Gasteiger partial charge in [0.2, 0.25) is 5.91 Å². The molecule has 0 heterocycles. The van der Waals surface area contributed by atoms with Crippen LogP contribution < -0.4 is 5.32 Å². The zero-order chi connectivity index (χ0) is 14.9. The van der Waals surface area contributed by atoms with Crippen LogP contribution in [0.4, 0.5) is 5.69 Å². The van der Waals surface area contributed by atoms with Crippen molar-refractivity contribution in [1.29, 1.82) is 0 Å². The first-order chi connectivity index (χ1) is 9.28. The maximum absolute atomic E-state index is 12.1. The van der Waals surface area contributed by atoms with E-state index in [9.17, 15) is 14.4 Å². The lowest BCUT2D eigenvalue weighted by Gasteiger charge is -2.31. The molecule has 0 atom stereocenters. The predicted octanol–water partition coefficient (Wildman–Crippen LogP) is 2.85. The van der Waals surface area contributed by atoms with Crippen LogP contribution in [-0.2, 0) is 14.4 Å². The molecule has 0 spiro atoms. The Kier molecular flexibility index (Phi) is 3.95. The quantitative estimate of drug-likeness (QED) is 0.853. The lowest BCUT2D eigenvalue weighted by Crippen LogP contribution is -2.44. The summed E-state index contributed by atoms with van der Waals surface area (Å²) in [5, 5.41) is 3.14. The predicted molar refractivity (Wildman–Crippen MR) is 76.6 cm³/mol. The van der Waals surface area contributed by atoms with Crippen molar-refractivity contribution in [3.63, 3.8) is 0 Å². The third-order valence-electron chi connectivity index (χ3n) is 3.32. The van der Waals surface area contributed by atoms with E-state index in [1.165, 1.54) is 0 Å². The standard InChI is InChI=1S/C15H16ClNO3/c1-15(2)7-11(18)13(12(19)8-15)14(20)17-10-5-3-9(16)4-6-10/h3-6,13H,7-8H2,1-2H3,(H,17,20). The smallest absolute Gasteiger partial charge is 0.242 e. The van der Waals surface area contributed by atoms with Crippen LogP contribution in [-0.4, -0.2) is 17.5 Å². The van der Waals surface area contributed by atoms with E-state index in [4.69, 9.17) is 11.6 Å². The van der Waals surface area contributed by atoms with Crippen molar-refractivity contribution in [2.45, 2.75) is 26.7 Å². The van der Waals surface area contributed by atoms with Crippen LogP contribution >= 0.6 is 11.6 Å². The monoisotopic (exact) mass is 293 g/mol. The Morgan fingerprint density at radius 1 is 1.15 bits per heavy atom. The van der Waals surface area contributed by atoms with Crippen molar-refractivity contribution in [3.8, 4) is 0 Å². The molecule has 1 aromatic rings. The van der Waals surface area contributed by atoms with Gasteiger partial charge in [-0.15, -0.1) is 0 Å². The van der Waals surface area contributed by atoms with Crippen molar-refractivity contribution in [2.24, 2.45) is 11.3 Å². The average Bonchev–Trinajstić information content (AvgIpc) is 2.29. The fraction of sp³-hybridized carbons (Fsp3) is 0.400. The number of hydrogen-bond acceptors (Lipinski definition) is 3. The number of ketones is 2. The van der Waals surface area contributed by atoms with Crippen molar-refractivity contribution in [3.05, 3.63) is 29.3 Å². The van der Waals surface area contributed by atoms with Gasteiger partial charge >= 0.3 is 0 Å². The van der Waals surface area contributed by atoms with Crippen LogP contribution in [0.1, 0.15) is 26.7 Å². The molecule has 1 aliphatic carbocycles. The Bertz CT molecular complexity index is 543. The molecule has 1 aliphatic rings. The highest BCUT2D eigenvalue weighted by Gasteiger charge is 2.43. The minimum absolute atomic E-state index is 0.247. The number of halogens is 1. The fourth-order valence-electron chi connectivity index (χ4n) is 2.43. The molecule has 0 saturated heterocycles. The number of Topliss-reactive ketones (excluding diaryl/α,β-unsaturated/α-hetero) is 2. The molecule has 0 aliphatic heterocycles. The van der Waals surface area contributed by atoms with Crippen LogP contribution in [0, 0.1) is 11.3 Å². The van der Waals surface area contributed by atoms with Gasteiger partial charge in [0.15, 0.2) is 17.5 Å². The fourth-order valence-corrected chi connectivity index (χ4v) is 2.56. The highest BCUT2D eigenvalue weighted by Crippen LogP contribution is 2.34. The van der Waals surface area contributed by atoms with E-state index in [2.05, 4.69) is 5.32 Å². The van der Waals surface area contributed by atoms with E-state index in [0.717, 1.165) is 0 Å². The van der Waals surface area contributed by atoms with E-state index >= 15 is 0 Å². The molecule has 5 heteroatoms. The van der Waals surface area contributed by atoms with Crippen LogP contribution in [0.25, 0.3) is 0 Å². The first-order valence-electron chi connectivity index (χ1n) is 6.40. The van der Waals surface area contributed by atoms with Crippen LogP contribution in [0.15, 0.2) is 24.3 Å². The second kappa shape index (κ2) is 5.37. The highest BCUT2D eigenvalue weighted by molar-refractivity contribution is 6.30. The number of nitrogens with one attached hydrogen (secondary N) is 1. The van der Waals surface area contributed by atoms with E-state index in [-0.39, 0.29) is 29.8 Å². The normalized spacial score (nSPS) is 18.9. The number of carbonyl (C=O) groups is 3. The molecular formula is C15H16ClNO3. The van der Waals surface area contributed by atoms with Gasteiger partial charge in [-0.05, 0) is 29.7 Å². The summed E-state index contributed by atoms with van der Waals surface area (Å²) in [6, 6.07) is 6.51. The Labute approximate surface area is 122 Å². The van der Waals surface area contributed by atoms with Crippen molar-refractivity contribution < 1.29 is 14.4 Å². The topological polar surface area (TPSA) is 63.2 Å². The molecule has 1 saturated carbocycles. The molecule has 0 unspecified atom stereocenters. The summed E-state index contributed by atoms with van der Waals surface area (Å²) in [5.41, 5.74) is 0.162. The maximum Gasteiger partial charge on any atom is 0.242 e. The summed E-state index contributed by atoms with van der Waals surface area (Å²) in [6.07, 6.45) is 0.495. The molecule has 1 aromatic carbocycles. The zero-order valence-electron chi connectivity index (χ0n) is 11.4. The van der Waals surface area contributed by atoms with Gasteiger partial charge in [-0.2, -0.15) is 0 Å². The lowest BCUT2D eigenvalue weighted by atomic mass is 9.71. The SMILES string of the molecule is CC1(C)CC(=O)C(C(=O)Nc2ccc(Cl)cc2)C(=O)C1. The molecule has 0 radical (unpaired) electrons. The third kappa shape index (κ3) is 3.25. The van der Waals surface area contributed by atoms with Gasteiger partial charge in [0.25, 0.3) is 0 Å². The summed E-state index contributed by atoms with van der Waals surface area (Å²) < 4.78 is 0. The lowest BCUT2D eigenvalue weighted by molar-refractivity contribution is -0.144. The first-order valence-corrected chi connectivity index (χ1v) is 6.78. The largest absolute Gasteiger partial charge is 0.325 e. The molecule has 20 heavy (non-hydrogen) atoms. The molecule has 4 nitrogen and oxygen atoms in total. The number of rotatable bonds is 2. The Morgan fingerprint density at radius 2 is 1.65 bits per heavy atom. The number of carbonyl (C=O) groups excluding carboxylic acids is 3. The second-order valence-electron chi connectivity index (χ2n) is 5.88. The van der Waals surface area contributed by atoms with Gasteiger partial charge in [0.05, 0.1) is 0 Å². The van der Waals surface area contributed by atoms with Crippen molar-refractivity contribution in [1.82, 2.24) is 0 Å². The van der Waals surface area contributed by atoms with Crippen LogP contribution in [0.2, 0.25) is 5.02 Å². The van der Waals surface area contributed by atoms with Gasteiger partial charge in [0.1, 0.15) is 0 Å². The first kappa shape index (κ1) is 14.7.